The van der Waals surface area contributed by atoms with Crippen LogP contribution in [0.2, 0.25) is 0 Å². The van der Waals surface area contributed by atoms with Crippen molar-refractivity contribution in [2.45, 2.75) is 13.3 Å². The van der Waals surface area contributed by atoms with E-state index in [1.165, 1.54) is 30.3 Å². The summed E-state index contributed by atoms with van der Waals surface area (Å²) in [6, 6.07) is 8.49. The average Bonchev–Trinajstić information content (AvgIpc) is 2.87. The molecule has 0 aliphatic heterocycles. The Kier molecular flexibility index (Phi) is 3.74. The summed E-state index contributed by atoms with van der Waals surface area (Å²) in [6.07, 6.45) is 2.15. The van der Waals surface area contributed by atoms with Gasteiger partial charge in [-0.1, -0.05) is 6.08 Å². The van der Waals surface area contributed by atoms with Gasteiger partial charge in [0.25, 0.3) is 0 Å². The number of carbonyl (C=O) groups excluding carboxylic acids is 1. The second-order valence-electron chi connectivity index (χ2n) is 5.32. The smallest absolute Gasteiger partial charge is 0.228 e. The molecule has 4 heteroatoms. The number of benzene rings is 2. The van der Waals surface area contributed by atoms with Crippen molar-refractivity contribution < 1.29 is 18.7 Å². The summed E-state index contributed by atoms with van der Waals surface area (Å²) in [5.41, 5.74) is 2.21. The minimum atomic E-state index is -0.402. The first kappa shape index (κ1) is 15.0. The number of aryl methyl sites for hydroxylation is 1. The van der Waals surface area contributed by atoms with E-state index < -0.39 is 5.82 Å². The Bertz CT molecular complexity index is 905. The van der Waals surface area contributed by atoms with Gasteiger partial charge in [-0.3, -0.25) is 4.79 Å². The van der Waals surface area contributed by atoms with Gasteiger partial charge in [0.15, 0.2) is 5.76 Å². The number of ketones is 1. The zero-order valence-electron chi connectivity index (χ0n) is 12.6. The van der Waals surface area contributed by atoms with Gasteiger partial charge in [0, 0.05) is 22.1 Å². The third-order valence-electron chi connectivity index (χ3n) is 3.84. The van der Waals surface area contributed by atoms with E-state index in [4.69, 9.17) is 4.42 Å². The molecule has 3 rings (SSSR count). The molecule has 0 saturated carbocycles. The first-order valence-corrected chi connectivity index (χ1v) is 7.18. The largest absolute Gasteiger partial charge is 0.508 e. The van der Waals surface area contributed by atoms with E-state index in [2.05, 4.69) is 6.58 Å². The maximum atomic E-state index is 13.0. The number of halogens is 1. The van der Waals surface area contributed by atoms with Gasteiger partial charge < -0.3 is 9.52 Å². The van der Waals surface area contributed by atoms with Crippen LogP contribution >= 0.6 is 0 Å². The van der Waals surface area contributed by atoms with Crippen LogP contribution in [0.15, 0.2) is 53.5 Å². The number of fused-ring (bicyclic) bond motifs is 1. The Labute approximate surface area is 132 Å². The number of furan rings is 1. The summed E-state index contributed by atoms with van der Waals surface area (Å²) in [7, 11) is 0. The number of phenolic OH excluding ortho intramolecular Hbond substituents is 1. The van der Waals surface area contributed by atoms with E-state index in [-0.39, 0.29) is 17.3 Å². The SMILES string of the molecule is C=CCc1c(O)ccc2oc(C(=O)c3ccc(F)cc3)c(C)c12. The van der Waals surface area contributed by atoms with Crippen molar-refractivity contribution in [2.75, 3.05) is 0 Å². The fourth-order valence-corrected chi connectivity index (χ4v) is 2.71. The molecule has 0 radical (unpaired) electrons. The maximum absolute atomic E-state index is 13.0. The molecule has 1 heterocycles. The van der Waals surface area contributed by atoms with Gasteiger partial charge in [-0.25, -0.2) is 4.39 Å². The lowest BCUT2D eigenvalue weighted by Crippen LogP contribution is -2.01. The van der Waals surface area contributed by atoms with Gasteiger partial charge >= 0.3 is 0 Å². The minimum Gasteiger partial charge on any atom is -0.508 e. The van der Waals surface area contributed by atoms with Gasteiger partial charge in [0.1, 0.15) is 17.1 Å². The van der Waals surface area contributed by atoms with Crippen LogP contribution in [0.3, 0.4) is 0 Å². The van der Waals surface area contributed by atoms with Crippen molar-refractivity contribution in [3.05, 3.63) is 77.3 Å². The monoisotopic (exact) mass is 310 g/mol. The van der Waals surface area contributed by atoms with Crippen molar-refractivity contribution in [3.8, 4) is 5.75 Å². The second kappa shape index (κ2) is 5.72. The van der Waals surface area contributed by atoms with Crippen LogP contribution in [0.5, 0.6) is 5.75 Å². The second-order valence-corrected chi connectivity index (χ2v) is 5.32. The number of hydrogen-bond donors (Lipinski definition) is 1. The van der Waals surface area contributed by atoms with Crippen molar-refractivity contribution in [1.82, 2.24) is 0 Å². The van der Waals surface area contributed by atoms with Crippen LogP contribution in [0, 0.1) is 12.7 Å². The van der Waals surface area contributed by atoms with Gasteiger partial charge in [0.05, 0.1) is 0 Å². The van der Waals surface area contributed by atoms with Crippen LogP contribution in [0.25, 0.3) is 11.0 Å². The zero-order valence-corrected chi connectivity index (χ0v) is 12.6. The Balaban J connectivity index is 2.17. The Morgan fingerprint density at radius 2 is 1.96 bits per heavy atom. The van der Waals surface area contributed by atoms with Gasteiger partial charge in [-0.15, -0.1) is 6.58 Å². The molecule has 116 valence electrons. The predicted molar refractivity (Wildman–Crippen MR) is 86.3 cm³/mol. The normalized spacial score (nSPS) is 10.9. The van der Waals surface area contributed by atoms with Crippen LogP contribution in [-0.4, -0.2) is 10.9 Å². The predicted octanol–water partition coefficient (Wildman–Crippen LogP) is 4.55. The van der Waals surface area contributed by atoms with E-state index in [1.54, 1.807) is 19.1 Å². The molecule has 3 aromatic rings. The third-order valence-corrected chi connectivity index (χ3v) is 3.84. The zero-order chi connectivity index (χ0) is 16.6. The van der Waals surface area contributed by atoms with Crippen LogP contribution < -0.4 is 0 Å². The highest BCUT2D eigenvalue weighted by atomic mass is 19.1. The molecule has 0 aliphatic carbocycles. The lowest BCUT2D eigenvalue weighted by atomic mass is 9.99. The minimum absolute atomic E-state index is 0.141. The first-order chi connectivity index (χ1) is 11.0. The number of hydrogen-bond acceptors (Lipinski definition) is 3. The van der Waals surface area contributed by atoms with E-state index >= 15 is 0 Å². The van der Waals surface area contributed by atoms with E-state index in [9.17, 15) is 14.3 Å². The first-order valence-electron chi connectivity index (χ1n) is 7.18. The van der Waals surface area contributed by atoms with Gasteiger partial charge in [-0.05, 0) is 49.7 Å². The van der Waals surface area contributed by atoms with Gasteiger partial charge in [0.2, 0.25) is 5.78 Å². The van der Waals surface area contributed by atoms with Crippen molar-refractivity contribution in [1.29, 1.82) is 0 Å². The molecule has 2 aromatic carbocycles. The molecule has 0 bridgehead atoms. The van der Waals surface area contributed by atoms with E-state index in [1.807, 2.05) is 0 Å². The fraction of sp³-hybridized carbons (Fsp3) is 0.105. The Morgan fingerprint density at radius 1 is 1.26 bits per heavy atom. The molecule has 0 aliphatic rings. The van der Waals surface area contributed by atoms with Crippen molar-refractivity contribution in [2.24, 2.45) is 0 Å². The molecule has 3 nitrogen and oxygen atoms in total. The number of allylic oxidation sites excluding steroid dienone is 1. The standard InChI is InChI=1S/C19H15FO3/c1-3-4-14-15(21)9-10-16-17(14)11(2)19(23-16)18(22)12-5-7-13(20)8-6-12/h3,5-10,21H,1,4H2,2H3. The fourth-order valence-electron chi connectivity index (χ4n) is 2.71. The van der Waals surface area contributed by atoms with Crippen LogP contribution in [0.1, 0.15) is 27.2 Å². The van der Waals surface area contributed by atoms with E-state index in [0.29, 0.717) is 28.7 Å². The summed E-state index contributed by atoms with van der Waals surface area (Å²) in [6.45, 7) is 5.46. The average molecular weight is 310 g/mol. The number of phenols is 1. The Hall–Kier alpha value is -2.88. The molecular weight excluding hydrogens is 295 g/mol. The van der Waals surface area contributed by atoms with Crippen LogP contribution in [-0.2, 0) is 6.42 Å². The molecule has 1 aromatic heterocycles. The third kappa shape index (κ3) is 2.52. The molecule has 0 atom stereocenters. The summed E-state index contributed by atoms with van der Waals surface area (Å²) < 4.78 is 18.7. The number of rotatable bonds is 4. The van der Waals surface area contributed by atoms with Crippen molar-refractivity contribution in [3.63, 3.8) is 0 Å². The number of carbonyl (C=O) groups is 1. The Morgan fingerprint density at radius 3 is 2.61 bits per heavy atom. The molecule has 0 unspecified atom stereocenters. The number of aromatic hydroxyl groups is 1. The summed E-state index contributed by atoms with van der Waals surface area (Å²) in [5, 5.41) is 10.8. The lowest BCUT2D eigenvalue weighted by molar-refractivity contribution is 0.101. The topological polar surface area (TPSA) is 50.4 Å². The lowest BCUT2D eigenvalue weighted by Gasteiger charge is -2.03. The molecule has 23 heavy (non-hydrogen) atoms. The molecule has 0 saturated heterocycles. The highest BCUT2D eigenvalue weighted by Gasteiger charge is 2.22. The summed E-state index contributed by atoms with van der Waals surface area (Å²) in [4.78, 5) is 12.6. The summed E-state index contributed by atoms with van der Waals surface area (Å²) in [5.74, 6) is -0.381. The molecular formula is C19H15FO3. The van der Waals surface area contributed by atoms with Gasteiger partial charge in [-0.2, -0.15) is 0 Å². The van der Waals surface area contributed by atoms with E-state index in [0.717, 1.165) is 5.39 Å². The van der Waals surface area contributed by atoms with Crippen LogP contribution in [0.4, 0.5) is 4.39 Å². The highest BCUT2D eigenvalue weighted by molar-refractivity contribution is 6.11. The quantitative estimate of drug-likeness (QED) is 0.568. The summed E-state index contributed by atoms with van der Waals surface area (Å²) >= 11 is 0. The molecule has 0 spiro atoms. The highest BCUT2D eigenvalue weighted by Crippen LogP contribution is 2.34. The molecule has 1 N–H and O–H groups in total. The van der Waals surface area contributed by atoms with Crippen molar-refractivity contribution >= 4 is 16.8 Å². The molecule has 0 amide bonds. The molecule has 0 fully saturated rings. The maximum Gasteiger partial charge on any atom is 0.228 e.